The van der Waals surface area contributed by atoms with Crippen molar-refractivity contribution in [2.45, 2.75) is 30.5 Å². The molecule has 4 nitrogen and oxygen atoms in total. The SMILES string of the molecule is COc1ccc2sc(=NC(=O)c3cccc(SC(C)C)c3)n(CCSC)c2c1. The summed E-state index contributed by atoms with van der Waals surface area (Å²) in [4.78, 5) is 19.2. The van der Waals surface area contributed by atoms with Crippen LogP contribution in [0.4, 0.5) is 0 Å². The van der Waals surface area contributed by atoms with Crippen molar-refractivity contribution in [3.8, 4) is 5.75 Å². The van der Waals surface area contributed by atoms with Gasteiger partial charge in [0.25, 0.3) is 5.91 Å². The molecule has 0 aliphatic rings. The van der Waals surface area contributed by atoms with Crippen molar-refractivity contribution in [2.24, 2.45) is 4.99 Å². The molecule has 1 amide bonds. The Hall–Kier alpha value is -1.70. The van der Waals surface area contributed by atoms with Gasteiger partial charge in [-0.2, -0.15) is 16.8 Å². The van der Waals surface area contributed by atoms with E-state index in [1.807, 2.05) is 42.5 Å². The van der Waals surface area contributed by atoms with Crippen LogP contribution < -0.4 is 9.54 Å². The molecule has 0 N–H and O–H groups in total. The smallest absolute Gasteiger partial charge is 0.279 e. The number of rotatable bonds is 7. The summed E-state index contributed by atoms with van der Waals surface area (Å²) in [5.74, 6) is 1.55. The number of methoxy groups -OCH3 is 1. The van der Waals surface area contributed by atoms with Crippen LogP contribution in [0.5, 0.6) is 5.75 Å². The fraction of sp³-hybridized carbons (Fsp3) is 0.333. The molecule has 3 aromatic rings. The molecule has 0 aliphatic heterocycles. The van der Waals surface area contributed by atoms with Gasteiger partial charge in [-0.05, 0) is 36.6 Å². The fourth-order valence-electron chi connectivity index (χ4n) is 2.79. The Morgan fingerprint density at radius 1 is 1.25 bits per heavy atom. The zero-order chi connectivity index (χ0) is 20.1. The number of thiazole rings is 1. The molecule has 28 heavy (non-hydrogen) atoms. The third-order valence-electron chi connectivity index (χ3n) is 4.06. The molecule has 7 heteroatoms. The number of hydrogen-bond acceptors (Lipinski definition) is 5. The minimum atomic E-state index is -0.206. The number of nitrogens with zero attached hydrogens (tertiary/aromatic N) is 2. The molecule has 2 aromatic carbocycles. The second-order valence-corrected chi connectivity index (χ2v) is 10.1. The number of thioether (sulfide) groups is 2. The fourth-order valence-corrected chi connectivity index (χ4v) is 5.08. The normalized spacial score (nSPS) is 12.1. The molecule has 0 saturated carbocycles. The first-order chi connectivity index (χ1) is 13.5. The number of benzene rings is 2. The summed E-state index contributed by atoms with van der Waals surface area (Å²) in [6.45, 7) is 5.08. The number of ether oxygens (including phenoxy) is 1. The third kappa shape index (κ3) is 5.01. The summed E-state index contributed by atoms with van der Waals surface area (Å²) >= 11 is 5.06. The van der Waals surface area contributed by atoms with E-state index in [4.69, 9.17) is 4.74 Å². The van der Waals surface area contributed by atoms with Gasteiger partial charge in [-0.25, -0.2) is 0 Å². The average Bonchev–Trinajstić information content (AvgIpc) is 3.02. The number of aryl methyl sites for hydroxylation is 1. The monoisotopic (exact) mass is 432 g/mol. The van der Waals surface area contributed by atoms with Gasteiger partial charge >= 0.3 is 0 Å². The van der Waals surface area contributed by atoms with E-state index in [1.165, 1.54) is 11.3 Å². The van der Waals surface area contributed by atoms with Gasteiger partial charge in [0.15, 0.2) is 4.80 Å². The molecule has 0 radical (unpaired) electrons. The standard InChI is InChI=1S/C21H24N2O2S3/c1-14(2)27-17-7-5-6-15(12-17)20(24)22-21-23(10-11-26-4)18-13-16(25-3)8-9-19(18)28-21/h5-9,12-14H,10-11H2,1-4H3. The van der Waals surface area contributed by atoms with E-state index < -0.39 is 0 Å². The summed E-state index contributed by atoms with van der Waals surface area (Å²) in [6, 6.07) is 13.7. The van der Waals surface area contributed by atoms with Gasteiger partial charge in [0.05, 0.1) is 17.3 Å². The number of amides is 1. The van der Waals surface area contributed by atoms with Crippen molar-refractivity contribution in [3.05, 3.63) is 52.8 Å². The van der Waals surface area contributed by atoms with E-state index in [0.717, 1.165) is 38.0 Å². The summed E-state index contributed by atoms with van der Waals surface area (Å²) in [6.07, 6.45) is 2.08. The van der Waals surface area contributed by atoms with E-state index in [2.05, 4.69) is 29.7 Å². The first kappa shape index (κ1) is 21.0. The molecule has 3 rings (SSSR count). The van der Waals surface area contributed by atoms with Crippen LogP contribution in [0.25, 0.3) is 10.2 Å². The highest BCUT2D eigenvalue weighted by Gasteiger charge is 2.11. The van der Waals surface area contributed by atoms with Crippen molar-refractivity contribution in [3.63, 3.8) is 0 Å². The van der Waals surface area contributed by atoms with Crippen LogP contribution in [0, 0.1) is 0 Å². The second kappa shape index (κ2) is 9.67. The number of carbonyl (C=O) groups excluding carboxylic acids is 1. The predicted molar refractivity (Wildman–Crippen MR) is 122 cm³/mol. The average molecular weight is 433 g/mol. The number of fused-ring (bicyclic) bond motifs is 1. The number of carbonyl (C=O) groups is 1. The molecule has 0 aliphatic carbocycles. The minimum Gasteiger partial charge on any atom is -0.497 e. The van der Waals surface area contributed by atoms with Crippen molar-refractivity contribution >= 4 is 51.0 Å². The lowest BCUT2D eigenvalue weighted by molar-refractivity contribution is 0.0997. The number of aromatic nitrogens is 1. The molecular weight excluding hydrogens is 408 g/mol. The van der Waals surface area contributed by atoms with Gasteiger partial charge in [-0.1, -0.05) is 31.3 Å². The Labute approximate surface area is 178 Å². The van der Waals surface area contributed by atoms with E-state index in [0.29, 0.717) is 10.8 Å². The van der Waals surface area contributed by atoms with E-state index in [1.54, 1.807) is 30.6 Å². The zero-order valence-electron chi connectivity index (χ0n) is 16.5. The predicted octanol–water partition coefficient (Wildman–Crippen LogP) is 5.32. The molecule has 1 heterocycles. The molecule has 0 bridgehead atoms. The zero-order valence-corrected chi connectivity index (χ0v) is 18.9. The summed E-state index contributed by atoms with van der Waals surface area (Å²) < 4.78 is 8.58. The van der Waals surface area contributed by atoms with E-state index in [9.17, 15) is 4.79 Å². The van der Waals surface area contributed by atoms with Crippen LogP contribution in [0.15, 0.2) is 52.4 Å². The Morgan fingerprint density at radius 2 is 2.07 bits per heavy atom. The van der Waals surface area contributed by atoms with Crippen LogP contribution in [0.1, 0.15) is 24.2 Å². The van der Waals surface area contributed by atoms with Gasteiger partial charge < -0.3 is 9.30 Å². The lowest BCUT2D eigenvalue weighted by Gasteiger charge is -2.06. The summed E-state index contributed by atoms with van der Waals surface area (Å²) in [5.41, 5.74) is 1.67. The molecule has 0 saturated heterocycles. The molecule has 0 atom stereocenters. The largest absolute Gasteiger partial charge is 0.497 e. The van der Waals surface area contributed by atoms with Gasteiger partial charge in [0, 0.05) is 34.1 Å². The molecule has 0 spiro atoms. The Bertz CT molecular complexity index is 1040. The molecule has 0 fully saturated rings. The van der Waals surface area contributed by atoms with Crippen molar-refractivity contribution < 1.29 is 9.53 Å². The summed E-state index contributed by atoms with van der Waals surface area (Å²) in [7, 11) is 1.66. The van der Waals surface area contributed by atoms with Crippen LogP contribution >= 0.6 is 34.9 Å². The number of hydrogen-bond donors (Lipinski definition) is 0. The molecule has 1 aromatic heterocycles. The Balaban J connectivity index is 2.03. The van der Waals surface area contributed by atoms with E-state index in [-0.39, 0.29) is 5.91 Å². The molecular formula is C21H24N2O2S3. The Morgan fingerprint density at radius 3 is 2.79 bits per heavy atom. The van der Waals surface area contributed by atoms with Gasteiger partial charge in [-0.3, -0.25) is 4.79 Å². The highest BCUT2D eigenvalue weighted by molar-refractivity contribution is 7.99. The highest BCUT2D eigenvalue weighted by Crippen LogP contribution is 2.25. The highest BCUT2D eigenvalue weighted by atomic mass is 32.2. The van der Waals surface area contributed by atoms with Crippen molar-refractivity contribution in [1.82, 2.24) is 4.57 Å². The van der Waals surface area contributed by atoms with Crippen molar-refractivity contribution in [1.29, 1.82) is 0 Å². The van der Waals surface area contributed by atoms with Gasteiger partial charge in [0.2, 0.25) is 0 Å². The van der Waals surface area contributed by atoms with Crippen molar-refractivity contribution in [2.75, 3.05) is 19.1 Å². The Kier molecular flexibility index (Phi) is 7.26. The maximum absolute atomic E-state index is 12.9. The maximum Gasteiger partial charge on any atom is 0.279 e. The van der Waals surface area contributed by atoms with Crippen LogP contribution in [-0.4, -0.2) is 34.8 Å². The molecule has 0 unspecified atom stereocenters. The first-order valence-electron chi connectivity index (χ1n) is 9.04. The van der Waals surface area contributed by atoms with Crippen LogP contribution in [-0.2, 0) is 6.54 Å². The van der Waals surface area contributed by atoms with Crippen LogP contribution in [0.3, 0.4) is 0 Å². The quantitative estimate of drug-likeness (QED) is 0.474. The van der Waals surface area contributed by atoms with Gasteiger partial charge in [-0.15, -0.1) is 11.8 Å². The lowest BCUT2D eigenvalue weighted by Crippen LogP contribution is -2.18. The van der Waals surface area contributed by atoms with Crippen LogP contribution in [0.2, 0.25) is 0 Å². The first-order valence-corrected chi connectivity index (χ1v) is 12.1. The topological polar surface area (TPSA) is 43.6 Å². The van der Waals surface area contributed by atoms with Gasteiger partial charge in [0.1, 0.15) is 5.75 Å². The minimum absolute atomic E-state index is 0.206. The summed E-state index contributed by atoms with van der Waals surface area (Å²) in [5, 5.41) is 0.466. The third-order valence-corrected chi connectivity index (χ3v) is 6.71. The lowest BCUT2D eigenvalue weighted by atomic mass is 10.2. The second-order valence-electron chi connectivity index (χ2n) is 6.47. The molecule has 148 valence electrons. The van der Waals surface area contributed by atoms with E-state index >= 15 is 0 Å². The maximum atomic E-state index is 12.9.